The molecule has 0 aliphatic carbocycles. The SMILES string of the molecule is CCC1CC(Nc2cccc(NS(N)(=O)=O)c2)CCO1. The number of benzene rings is 1. The Bertz CT molecular complexity index is 548. The van der Waals surface area contributed by atoms with Crippen LogP contribution < -0.4 is 15.2 Å². The topological polar surface area (TPSA) is 93.5 Å². The zero-order valence-corrected chi connectivity index (χ0v) is 12.3. The van der Waals surface area contributed by atoms with Gasteiger partial charge in [-0.05, 0) is 37.5 Å². The molecule has 0 spiro atoms. The Hall–Kier alpha value is -1.31. The summed E-state index contributed by atoms with van der Waals surface area (Å²) in [6, 6.07) is 7.44. The quantitative estimate of drug-likeness (QED) is 0.771. The standard InChI is InChI=1S/C13H21N3O3S/c1-2-13-9-11(6-7-19-13)15-10-4-3-5-12(8-10)16-20(14,17)18/h3-5,8,11,13,15-16H,2,6-7,9H2,1H3,(H2,14,17,18). The molecule has 1 fully saturated rings. The smallest absolute Gasteiger partial charge is 0.296 e. The number of nitrogens with one attached hydrogen (secondary N) is 2. The summed E-state index contributed by atoms with van der Waals surface area (Å²) in [5.41, 5.74) is 1.33. The van der Waals surface area contributed by atoms with Crippen LogP contribution in [0.15, 0.2) is 24.3 Å². The molecule has 1 heterocycles. The Morgan fingerprint density at radius 2 is 2.15 bits per heavy atom. The molecule has 2 atom stereocenters. The first-order chi connectivity index (χ1) is 9.46. The lowest BCUT2D eigenvalue weighted by atomic mass is 10.0. The number of nitrogens with two attached hydrogens (primary N) is 1. The first-order valence-electron chi connectivity index (χ1n) is 6.75. The molecule has 1 aliphatic heterocycles. The van der Waals surface area contributed by atoms with Crippen LogP contribution in [0.25, 0.3) is 0 Å². The highest BCUT2D eigenvalue weighted by Gasteiger charge is 2.21. The van der Waals surface area contributed by atoms with Crippen molar-refractivity contribution in [3.05, 3.63) is 24.3 Å². The van der Waals surface area contributed by atoms with Gasteiger partial charge in [0.05, 0.1) is 11.8 Å². The lowest BCUT2D eigenvalue weighted by Gasteiger charge is -2.30. The van der Waals surface area contributed by atoms with Gasteiger partial charge in [-0.15, -0.1) is 0 Å². The molecule has 0 aromatic heterocycles. The Morgan fingerprint density at radius 3 is 2.85 bits per heavy atom. The van der Waals surface area contributed by atoms with Crippen LogP contribution in [0.5, 0.6) is 0 Å². The third-order valence-corrected chi connectivity index (χ3v) is 3.84. The van der Waals surface area contributed by atoms with Gasteiger partial charge in [0, 0.05) is 18.3 Å². The highest BCUT2D eigenvalue weighted by molar-refractivity contribution is 7.90. The molecule has 20 heavy (non-hydrogen) atoms. The van der Waals surface area contributed by atoms with Crippen LogP contribution in [-0.2, 0) is 14.9 Å². The fourth-order valence-electron chi connectivity index (χ4n) is 2.37. The fraction of sp³-hybridized carbons (Fsp3) is 0.538. The van der Waals surface area contributed by atoms with Crippen molar-refractivity contribution in [1.29, 1.82) is 0 Å². The number of anilines is 2. The van der Waals surface area contributed by atoms with Crippen LogP contribution in [0.4, 0.5) is 11.4 Å². The van der Waals surface area contributed by atoms with Gasteiger partial charge < -0.3 is 10.1 Å². The van der Waals surface area contributed by atoms with E-state index in [1.807, 2.05) is 6.07 Å². The molecule has 2 unspecified atom stereocenters. The summed E-state index contributed by atoms with van der Waals surface area (Å²) in [6.07, 6.45) is 3.21. The maximum absolute atomic E-state index is 11.0. The van der Waals surface area contributed by atoms with Crippen LogP contribution in [-0.4, -0.2) is 27.2 Å². The van der Waals surface area contributed by atoms with Gasteiger partial charge in [-0.2, -0.15) is 8.42 Å². The van der Waals surface area contributed by atoms with Crippen molar-refractivity contribution in [2.45, 2.75) is 38.3 Å². The summed E-state index contributed by atoms with van der Waals surface area (Å²) in [5.74, 6) is 0. The predicted octanol–water partition coefficient (Wildman–Crippen LogP) is 1.67. The Morgan fingerprint density at radius 1 is 1.40 bits per heavy atom. The van der Waals surface area contributed by atoms with E-state index in [1.165, 1.54) is 0 Å². The summed E-state index contributed by atoms with van der Waals surface area (Å²) in [7, 11) is -3.74. The molecule has 1 saturated heterocycles. The van der Waals surface area contributed by atoms with Crippen molar-refractivity contribution in [2.24, 2.45) is 5.14 Å². The first-order valence-corrected chi connectivity index (χ1v) is 8.29. The van der Waals surface area contributed by atoms with Crippen LogP contribution in [0, 0.1) is 0 Å². The van der Waals surface area contributed by atoms with Gasteiger partial charge in [0.15, 0.2) is 0 Å². The zero-order chi connectivity index (χ0) is 14.6. The number of hydrogen-bond acceptors (Lipinski definition) is 4. The average molecular weight is 299 g/mol. The van der Waals surface area contributed by atoms with Crippen LogP contribution in [0.2, 0.25) is 0 Å². The van der Waals surface area contributed by atoms with E-state index in [4.69, 9.17) is 9.88 Å². The van der Waals surface area contributed by atoms with Gasteiger partial charge in [0.2, 0.25) is 0 Å². The fourth-order valence-corrected chi connectivity index (χ4v) is 2.82. The van der Waals surface area contributed by atoms with Crippen molar-refractivity contribution in [3.8, 4) is 0 Å². The number of ether oxygens (including phenoxy) is 1. The Balaban J connectivity index is 2.00. The van der Waals surface area contributed by atoms with Crippen molar-refractivity contribution in [3.63, 3.8) is 0 Å². The summed E-state index contributed by atoms with van der Waals surface area (Å²) in [4.78, 5) is 0. The molecule has 6 nitrogen and oxygen atoms in total. The minimum atomic E-state index is -3.74. The van der Waals surface area contributed by atoms with Crippen LogP contribution >= 0.6 is 0 Å². The average Bonchev–Trinajstić information content (AvgIpc) is 2.37. The Labute approximate surface area is 119 Å². The lowest BCUT2D eigenvalue weighted by Crippen LogP contribution is -2.33. The van der Waals surface area contributed by atoms with Crippen molar-refractivity contribution >= 4 is 21.6 Å². The van der Waals surface area contributed by atoms with Gasteiger partial charge >= 0.3 is 0 Å². The summed E-state index contributed by atoms with van der Waals surface area (Å²) in [6.45, 7) is 2.87. The highest BCUT2D eigenvalue weighted by Crippen LogP contribution is 2.22. The van der Waals surface area contributed by atoms with Crippen molar-refractivity contribution in [2.75, 3.05) is 16.6 Å². The number of hydrogen-bond donors (Lipinski definition) is 3. The number of rotatable bonds is 5. The maximum Gasteiger partial charge on any atom is 0.296 e. The molecule has 7 heteroatoms. The second-order valence-corrected chi connectivity index (χ2v) is 6.29. The molecule has 0 amide bonds. The van der Waals surface area contributed by atoms with Gasteiger partial charge in [0.25, 0.3) is 10.2 Å². The summed E-state index contributed by atoms with van der Waals surface area (Å²) >= 11 is 0. The normalized spacial score (nSPS) is 23.3. The molecule has 0 radical (unpaired) electrons. The third-order valence-electron chi connectivity index (χ3n) is 3.32. The van der Waals surface area contributed by atoms with E-state index < -0.39 is 10.2 Å². The largest absolute Gasteiger partial charge is 0.382 e. The molecule has 2 rings (SSSR count). The van der Waals surface area contributed by atoms with Crippen LogP contribution in [0.1, 0.15) is 26.2 Å². The molecule has 0 bridgehead atoms. The van der Waals surface area contributed by atoms with E-state index in [-0.39, 0.29) is 0 Å². The predicted molar refractivity (Wildman–Crippen MR) is 79.8 cm³/mol. The van der Waals surface area contributed by atoms with Gasteiger partial charge in [0.1, 0.15) is 0 Å². The van der Waals surface area contributed by atoms with Crippen LogP contribution in [0.3, 0.4) is 0 Å². The first kappa shape index (κ1) is 15.1. The van der Waals surface area contributed by atoms with E-state index in [0.29, 0.717) is 17.8 Å². The molecule has 1 aliphatic rings. The zero-order valence-electron chi connectivity index (χ0n) is 11.5. The molecule has 4 N–H and O–H groups in total. The molecule has 1 aromatic carbocycles. The van der Waals surface area contributed by atoms with Gasteiger partial charge in [-0.3, -0.25) is 4.72 Å². The molecule has 112 valence electrons. The minimum Gasteiger partial charge on any atom is -0.382 e. The third kappa shape index (κ3) is 4.66. The minimum absolute atomic E-state index is 0.298. The van der Waals surface area contributed by atoms with E-state index in [1.54, 1.807) is 18.2 Å². The monoisotopic (exact) mass is 299 g/mol. The van der Waals surface area contributed by atoms with Crippen molar-refractivity contribution in [1.82, 2.24) is 0 Å². The molecule has 0 saturated carbocycles. The van der Waals surface area contributed by atoms with Crippen molar-refractivity contribution < 1.29 is 13.2 Å². The van der Waals surface area contributed by atoms with E-state index >= 15 is 0 Å². The second kappa shape index (κ2) is 6.43. The maximum atomic E-state index is 11.0. The van der Waals surface area contributed by atoms with Gasteiger partial charge in [-0.25, -0.2) is 5.14 Å². The second-order valence-electron chi connectivity index (χ2n) is 4.99. The molecular weight excluding hydrogens is 278 g/mol. The highest BCUT2D eigenvalue weighted by atomic mass is 32.2. The lowest BCUT2D eigenvalue weighted by molar-refractivity contribution is 0.00926. The molecular formula is C13H21N3O3S. The summed E-state index contributed by atoms with van der Waals surface area (Å²) < 4.78 is 29.9. The van der Waals surface area contributed by atoms with Gasteiger partial charge in [-0.1, -0.05) is 13.0 Å². The van der Waals surface area contributed by atoms with E-state index in [9.17, 15) is 8.42 Å². The van der Waals surface area contributed by atoms with E-state index in [0.717, 1.165) is 31.6 Å². The van der Waals surface area contributed by atoms with E-state index in [2.05, 4.69) is 17.0 Å². The summed E-state index contributed by atoms with van der Waals surface area (Å²) in [5, 5.41) is 8.38. The molecule has 1 aromatic rings. The Kier molecular flexibility index (Phi) is 4.85.